The third-order valence-corrected chi connectivity index (χ3v) is 2.85. The molecule has 0 saturated carbocycles. The lowest BCUT2D eigenvalue weighted by Gasteiger charge is -2.23. The van der Waals surface area contributed by atoms with E-state index >= 15 is 0 Å². The first-order valence-corrected chi connectivity index (χ1v) is 6.24. The number of nitrogens with two attached hydrogens (primary N) is 1. The Labute approximate surface area is 112 Å². The van der Waals surface area contributed by atoms with Gasteiger partial charge in [-0.15, -0.1) is 0 Å². The number of pyridine rings is 1. The minimum absolute atomic E-state index is 0.0654. The molecule has 2 aromatic rings. The highest BCUT2D eigenvalue weighted by Gasteiger charge is 2.20. The quantitative estimate of drug-likeness (QED) is 0.861. The molecular formula is C15H18N2O2. The van der Waals surface area contributed by atoms with Crippen LogP contribution < -0.4 is 10.5 Å². The molecule has 1 aromatic carbocycles. The highest BCUT2D eigenvalue weighted by Crippen LogP contribution is 2.26. The Morgan fingerprint density at radius 1 is 1.21 bits per heavy atom. The summed E-state index contributed by atoms with van der Waals surface area (Å²) in [4.78, 5) is 4.28. The molecule has 100 valence electrons. The second-order valence-corrected chi connectivity index (χ2v) is 4.42. The Balaban J connectivity index is 2.27. The minimum atomic E-state index is -0.339. The van der Waals surface area contributed by atoms with Crippen LogP contribution in [-0.2, 0) is 6.61 Å². The normalized spacial score (nSPS) is 13.8. The summed E-state index contributed by atoms with van der Waals surface area (Å²) in [5, 5.41) is 9.31. The van der Waals surface area contributed by atoms with Crippen molar-refractivity contribution in [3.8, 4) is 5.75 Å². The van der Waals surface area contributed by atoms with Crippen molar-refractivity contribution in [3.05, 3.63) is 59.9 Å². The summed E-state index contributed by atoms with van der Waals surface area (Å²) >= 11 is 0. The van der Waals surface area contributed by atoms with Gasteiger partial charge >= 0.3 is 0 Å². The van der Waals surface area contributed by atoms with Gasteiger partial charge in [0.1, 0.15) is 5.75 Å². The van der Waals surface area contributed by atoms with Crippen LogP contribution in [0.5, 0.6) is 5.75 Å². The van der Waals surface area contributed by atoms with E-state index in [1.165, 1.54) is 0 Å². The van der Waals surface area contributed by atoms with Gasteiger partial charge in [0, 0.05) is 17.8 Å². The lowest BCUT2D eigenvalue weighted by atomic mass is 10.1. The molecule has 0 radical (unpaired) electrons. The Bertz CT molecular complexity index is 515. The summed E-state index contributed by atoms with van der Waals surface area (Å²) in [5.74, 6) is 0.637. The first kappa shape index (κ1) is 13.5. The fraction of sp³-hybridized carbons (Fsp3) is 0.267. The van der Waals surface area contributed by atoms with Gasteiger partial charge in [-0.1, -0.05) is 24.3 Å². The second-order valence-electron chi connectivity index (χ2n) is 4.42. The SMILES string of the molecule is CC(N)C(Oc1ccccc1CO)c1ccccn1. The first-order valence-electron chi connectivity index (χ1n) is 6.24. The largest absolute Gasteiger partial charge is 0.482 e. The zero-order valence-corrected chi connectivity index (χ0v) is 10.9. The number of para-hydroxylation sites is 1. The summed E-state index contributed by atoms with van der Waals surface area (Å²) in [6.45, 7) is 1.81. The van der Waals surface area contributed by atoms with Crippen LogP contribution in [0, 0.1) is 0 Å². The molecule has 0 aliphatic heterocycles. The van der Waals surface area contributed by atoms with Gasteiger partial charge in [-0.2, -0.15) is 0 Å². The van der Waals surface area contributed by atoms with Gasteiger partial charge in [-0.05, 0) is 25.1 Å². The molecule has 4 heteroatoms. The van der Waals surface area contributed by atoms with E-state index in [0.29, 0.717) is 5.75 Å². The number of ether oxygens (including phenoxy) is 1. The molecule has 0 fully saturated rings. The number of benzene rings is 1. The molecule has 0 spiro atoms. The Hall–Kier alpha value is -1.91. The first-order chi connectivity index (χ1) is 9.22. The molecule has 2 unspecified atom stereocenters. The van der Waals surface area contributed by atoms with E-state index in [9.17, 15) is 5.11 Å². The zero-order chi connectivity index (χ0) is 13.7. The van der Waals surface area contributed by atoms with Crippen LogP contribution in [0.15, 0.2) is 48.7 Å². The highest BCUT2D eigenvalue weighted by atomic mass is 16.5. The summed E-state index contributed by atoms with van der Waals surface area (Å²) < 4.78 is 5.94. The Morgan fingerprint density at radius 3 is 2.58 bits per heavy atom. The molecular weight excluding hydrogens is 240 g/mol. The van der Waals surface area contributed by atoms with E-state index in [-0.39, 0.29) is 18.8 Å². The van der Waals surface area contributed by atoms with Crippen molar-refractivity contribution < 1.29 is 9.84 Å². The predicted molar refractivity (Wildman–Crippen MR) is 73.6 cm³/mol. The number of hydrogen-bond acceptors (Lipinski definition) is 4. The van der Waals surface area contributed by atoms with E-state index < -0.39 is 0 Å². The number of nitrogens with zero attached hydrogens (tertiary/aromatic N) is 1. The number of rotatable bonds is 5. The lowest BCUT2D eigenvalue weighted by Crippen LogP contribution is -2.30. The maximum Gasteiger partial charge on any atom is 0.155 e. The highest BCUT2D eigenvalue weighted by molar-refractivity contribution is 5.33. The van der Waals surface area contributed by atoms with Crippen molar-refractivity contribution >= 4 is 0 Å². The smallest absolute Gasteiger partial charge is 0.155 e. The molecule has 0 bridgehead atoms. The van der Waals surface area contributed by atoms with Crippen LogP contribution >= 0.6 is 0 Å². The average molecular weight is 258 g/mol. The van der Waals surface area contributed by atoms with Crippen LogP contribution in [0.1, 0.15) is 24.3 Å². The predicted octanol–water partition coefficient (Wildman–Crippen LogP) is 2.04. The third kappa shape index (κ3) is 3.30. The van der Waals surface area contributed by atoms with E-state index in [2.05, 4.69) is 4.98 Å². The molecule has 3 N–H and O–H groups in total. The summed E-state index contributed by atoms with van der Waals surface area (Å²) in [6.07, 6.45) is 1.38. The number of aromatic nitrogens is 1. The fourth-order valence-corrected chi connectivity index (χ4v) is 1.87. The van der Waals surface area contributed by atoms with Gasteiger partial charge in [0.05, 0.1) is 12.3 Å². The van der Waals surface area contributed by atoms with Crippen molar-refractivity contribution in [2.45, 2.75) is 25.7 Å². The van der Waals surface area contributed by atoms with Gasteiger partial charge in [0.15, 0.2) is 6.10 Å². The van der Waals surface area contributed by atoms with Crippen molar-refractivity contribution in [3.63, 3.8) is 0 Å². The van der Waals surface area contributed by atoms with Gasteiger partial charge < -0.3 is 15.6 Å². The maximum atomic E-state index is 9.31. The zero-order valence-electron chi connectivity index (χ0n) is 10.9. The monoisotopic (exact) mass is 258 g/mol. The molecule has 1 aromatic heterocycles. The molecule has 4 nitrogen and oxygen atoms in total. The second kappa shape index (κ2) is 6.31. The van der Waals surface area contributed by atoms with Crippen LogP contribution in [0.3, 0.4) is 0 Å². The van der Waals surface area contributed by atoms with E-state index in [4.69, 9.17) is 10.5 Å². The van der Waals surface area contributed by atoms with E-state index in [1.807, 2.05) is 49.4 Å². The van der Waals surface area contributed by atoms with Gasteiger partial charge in [-0.3, -0.25) is 4.98 Å². The minimum Gasteiger partial charge on any atom is -0.482 e. The Morgan fingerprint density at radius 2 is 1.95 bits per heavy atom. The molecule has 2 atom stereocenters. The van der Waals surface area contributed by atoms with Crippen molar-refractivity contribution in [1.29, 1.82) is 0 Å². The molecule has 0 saturated heterocycles. The summed E-state index contributed by atoms with van der Waals surface area (Å²) in [7, 11) is 0. The average Bonchev–Trinajstić information content (AvgIpc) is 2.45. The fourth-order valence-electron chi connectivity index (χ4n) is 1.87. The third-order valence-electron chi connectivity index (χ3n) is 2.85. The van der Waals surface area contributed by atoms with Crippen LogP contribution in [-0.4, -0.2) is 16.1 Å². The summed E-state index contributed by atoms with van der Waals surface area (Å²) in [6, 6.07) is 12.8. The van der Waals surface area contributed by atoms with Crippen molar-refractivity contribution in [2.24, 2.45) is 5.73 Å². The van der Waals surface area contributed by atoms with Gasteiger partial charge in [0.25, 0.3) is 0 Å². The molecule has 0 amide bonds. The number of aliphatic hydroxyl groups is 1. The van der Waals surface area contributed by atoms with Crippen molar-refractivity contribution in [1.82, 2.24) is 4.98 Å². The molecule has 0 aliphatic carbocycles. The molecule has 2 rings (SSSR count). The number of hydrogen-bond donors (Lipinski definition) is 2. The van der Waals surface area contributed by atoms with Gasteiger partial charge in [-0.25, -0.2) is 0 Å². The van der Waals surface area contributed by atoms with Gasteiger partial charge in [0.2, 0.25) is 0 Å². The van der Waals surface area contributed by atoms with Crippen LogP contribution in [0.4, 0.5) is 0 Å². The topological polar surface area (TPSA) is 68.4 Å². The summed E-state index contributed by atoms with van der Waals surface area (Å²) in [5.41, 5.74) is 7.50. The lowest BCUT2D eigenvalue weighted by molar-refractivity contribution is 0.169. The number of aliphatic hydroxyl groups excluding tert-OH is 1. The molecule has 19 heavy (non-hydrogen) atoms. The van der Waals surface area contributed by atoms with Crippen LogP contribution in [0.25, 0.3) is 0 Å². The Kier molecular flexibility index (Phi) is 4.49. The van der Waals surface area contributed by atoms with Crippen LogP contribution in [0.2, 0.25) is 0 Å². The van der Waals surface area contributed by atoms with E-state index in [0.717, 1.165) is 11.3 Å². The molecule has 1 heterocycles. The molecule has 0 aliphatic rings. The van der Waals surface area contributed by atoms with Crippen molar-refractivity contribution in [2.75, 3.05) is 0 Å². The van der Waals surface area contributed by atoms with E-state index in [1.54, 1.807) is 6.20 Å². The standard InChI is InChI=1S/C15H18N2O2/c1-11(16)15(13-7-4-5-9-17-13)19-14-8-3-2-6-12(14)10-18/h2-9,11,15,18H,10,16H2,1H3. The maximum absolute atomic E-state index is 9.31.